The Morgan fingerprint density at radius 2 is 1.74 bits per heavy atom. The first-order valence-corrected chi connectivity index (χ1v) is 9.81. The zero-order chi connectivity index (χ0) is 15.7. The fraction of sp³-hybridized carbons (Fsp3) is 0.850. The van der Waals surface area contributed by atoms with E-state index in [1.54, 1.807) is 19.3 Å². The second-order valence-electron chi connectivity index (χ2n) is 8.92. The molecule has 0 radical (unpaired) electrons. The number of aliphatic hydroxyl groups is 1. The van der Waals surface area contributed by atoms with Crippen LogP contribution >= 0.6 is 0 Å². The molecule has 1 unspecified atom stereocenters. The molecule has 0 amide bonds. The maximum absolute atomic E-state index is 9.44. The SMILES string of the molecule is OCCC(CCn1ccnc1)CCC12CC3CC(CC(C3)C1)C2. The van der Waals surface area contributed by atoms with Gasteiger partial charge in [-0.25, -0.2) is 4.98 Å². The van der Waals surface area contributed by atoms with Gasteiger partial charge in [-0.2, -0.15) is 0 Å². The number of rotatable bonds is 8. The number of nitrogens with zero attached hydrogens (tertiary/aromatic N) is 2. The Kier molecular flexibility index (Phi) is 4.49. The minimum Gasteiger partial charge on any atom is -0.396 e. The van der Waals surface area contributed by atoms with Crippen LogP contribution in [0.15, 0.2) is 18.7 Å². The topological polar surface area (TPSA) is 38.0 Å². The van der Waals surface area contributed by atoms with Crippen LogP contribution in [0.4, 0.5) is 0 Å². The Morgan fingerprint density at radius 3 is 2.30 bits per heavy atom. The quantitative estimate of drug-likeness (QED) is 0.778. The molecule has 1 atom stereocenters. The van der Waals surface area contributed by atoms with E-state index in [4.69, 9.17) is 0 Å². The predicted octanol–water partition coefficient (Wildman–Crippen LogP) is 4.27. The van der Waals surface area contributed by atoms with E-state index in [-0.39, 0.29) is 0 Å². The zero-order valence-electron chi connectivity index (χ0n) is 14.4. The van der Waals surface area contributed by atoms with Crippen molar-refractivity contribution in [3.8, 4) is 0 Å². The fourth-order valence-electron chi connectivity index (χ4n) is 6.47. The summed E-state index contributed by atoms with van der Waals surface area (Å²) in [5.41, 5.74) is 0.692. The molecule has 4 aliphatic carbocycles. The molecule has 0 saturated heterocycles. The van der Waals surface area contributed by atoms with Crippen molar-refractivity contribution in [2.75, 3.05) is 6.61 Å². The van der Waals surface area contributed by atoms with E-state index < -0.39 is 0 Å². The van der Waals surface area contributed by atoms with Gasteiger partial charge in [-0.05, 0) is 93.3 Å². The van der Waals surface area contributed by atoms with Crippen LogP contribution in [0, 0.1) is 29.1 Å². The van der Waals surface area contributed by atoms with Crippen LogP contribution < -0.4 is 0 Å². The third-order valence-electron chi connectivity index (χ3n) is 7.14. The van der Waals surface area contributed by atoms with E-state index in [1.807, 2.05) is 12.5 Å². The summed E-state index contributed by atoms with van der Waals surface area (Å²) < 4.78 is 2.18. The third-order valence-corrected chi connectivity index (χ3v) is 7.14. The van der Waals surface area contributed by atoms with Crippen LogP contribution in [0.2, 0.25) is 0 Å². The van der Waals surface area contributed by atoms with Crippen molar-refractivity contribution >= 4 is 0 Å². The number of hydrogen-bond donors (Lipinski definition) is 1. The number of imidazole rings is 1. The molecule has 0 aromatic carbocycles. The highest BCUT2D eigenvalue weighted by atomic mass is 16.3. The lowest BCUT2D eigenvalue weighted by Crippen LogP contribution is -2.46. The fourth-order valence-corrected chi connectivity index (χ4v) is 6.47. The van der Waals surface area contributed by atoms with Gasteiger partial charge in [0.25, 0.3) is 0 Å². The third kappa shape index (κ3) is 3.50. The molecule has 3 heteroatoms. The number of aliphatic hydroxyl groups excluding tert-OH is 1. The van der Waals surface area contributed by atoms with E-state index >= 15 is 0 Å². The van der Waals surface area contributed by atoms with Gasteiger partial charge in [0, 0.05) is 25.5 Å². The smallest absolute Gasteiger partial charge is 0.0945 e. The Balaban J connectivity index is 1.32. The molecule has 0 spiro atoms. The summed E-state index contributed by atoms with van der Waals surface area (Å²) in [4.78, 5) is 4.13. The second-order valence-corrected chi connectivity index (χ2v) is 8.92. The molecule has 4 bridgehead atoms. The first-order valence-electron chi connectivity index (χ1n) is 9.81. The number of hydrogen-bond acceptors (Lipinski definition) is 2. The lowest BCUT2D eigenvalue weighted by molar-refractivity contribution is -0.0605. The van der Waals surface area contributed by atoms with Gasteiger partial charge in [-0.15, -0.1) is 0 Å². The molecule has 1 aromatic rings. The molecular formula is C20H32N2O. The van der Waals surface area contributed by atoms with E-state index in [9.17, 15) is 5.11 Å². The lowest BCUT2D eigenvalue weighted by atomic mass is 9.48. The van der Waals surface area contributed by atoms with Gasteiger partial charge in [0.05, 0.1) is 6.33 Å². The molecule has 1 aromatic heterocycles. The van der Waals surface area contributed by atoms with Crippen molar-refractivity contribution in [2.45, 2.75) is 70.8 Å². The van der Waals surface area contributed by atoms with Crippen LogP contribution in [0.1, 0.15) is 64.2 Å². The van der Waals surface area contributed by atoms with Crippen LogP contribution in [0.3, 0.4) is 0 Å². The number of aryl methyl sites for hydroxylation is 1. The summed E-state index contributed by atoms with van der Waals surface area (Å²) in [7, 11) is 0. The Morgan fingerprint density at radius 1 is 1.04 bits per heavy atom. The van der Waals surface area contributed by atoms with Gasteiger partial charge in [0.2, 0.25) is 0 Å². The molecule has 4 aliphatic rings. The minimum atomic E-state index is 0.343. The van der Waals surface area contributed by atoms with Gasteiger partial charge >= 0.3 is 0 Å². The number of aromatic nitrogens is 2. The maximum Gasteiger partial charge on any atom is 0.0945 e. The van der Waals surface area contributed by atoms with Crippen molar-refractivity contribution in [2.24, 2.45) is 29.1 Å². The summed E-state index contributed by atoms with van der Waals surface area (Å²) >= 11 is 0. The highest BCUT2D eigenvalue weighted by Crippen LogP contribution is 2.61. The molecule has 3 nitrogen and oxygen atoms in total. The Labute approximate surface area is 140 Å². The molecule has 0 aliphatic heterocycles. The average Bonchev–Trinajstić information content (AvgIpc) is 3.02. The Bertz CT molecular complexity index is 460. The van der Waals surface area contributed by atoms with Crippen molar-refractivity contribution in [1.29, 1.82) is 0 Å². The van der Waals surface area contributed by atoms with Crippen molar-refractivity contribution in [1.82, 2.24) is 9.55 Å². The van der Waals surface area contributed by atoms with E-state index in [0.29, 0.717) is 17.9 Å². The zero-order valence-corrected chi connectivity index (χ0v) is 14.4. The average molecular weight is 316 g/mol. The van der Waals surface area contributed by atoms with Crippen molar-refractivity contribution in [3.05, 3.63) is 18.7 Å². The first-order chi connectivity index (χ1) is 11.2. The first kappa shape index (κ1) is 15.7. The van der Waals surface area contributed by atoms with Crippen LogP contribution in [0.25, 0.3) is 0 Å². The van der Waals surface area contributed by atoms with Crippen molar-refractivity contribution < 1.29 is 5.11 Å². The van der Waals surface area contributed by atoms with Gasteiger partial charge < -0.3 is 9.67 Å². The minimum absolute atomic E-state index is 0.343. The Hall–Kier alpha value is -0.830. The van der Waals surface area contributed by atoms with Gasteiger partial charge in [-0.3, -0.25) is 0 Å². The van der Waals surface area contributed by atoms with Gasteiger partial charge in [0.1, 0.15) is 0 Å². The standard InChI is InChI=1S/C20H32N2O/c23-8-3-16(2-6-22-7-5-21-15-22)1-4-20-12-17-9-18(13-20)11-19(10-17)14-20/h5,7,15-19,23H,1-4,6,8-14H2. The highest BCUT2D eigenvalue weighted by Gasteiger charge is 2.50. The van der Waals surface area contributed by atoms with E-state index in [0.717, 1.165) is 30.7 Å². The van der Waals surface area contributed by atoms with Crippen LogP contribution in [-0.2, 0) is 6.54 Å². The normalized spacial score (nSPS) is 36.5. The molecule has 1 heterocycles. The van der Waals surface area contributed by atoms with Gasteiger partial charge in [0.15, 0.2) is 0 Å². The summed E-state index contributed by atoms with van der Waals surface area (Å²) in [5.74, 6) is 3.85. The molecule has 4 saturated carbocycles. The molecule has 1 N–H and O–H groups in total. The second kappa shape index (κ2) is 6.58. The molecule has 128 valence electrons. The molecular weight excluding hydrogens is 284 g/mol. The summed E-state index contributed by atoms with van der Waals surface area (Å²) in [6, 6.07) is 0. The summed E-state index contributed by atoms with van der Waals surface area (Å²) in [6.45, 7) is 1.39. The van der Waals surface area contributed by atoms with Gasteiger partial charge in [-0.1, -0.05) is 0 Å². The molecule has 23 heavy (non-hydrogen) atoms. The summed E-state index contributed by atoms with van der Waals surface area (Å²) in [6.07, 6.45) is 19.9. The largest absolute Gasteiger partial charge is 0.396 e. The maximum atomic E-state index is 9.44. The molecule has 5 rings (SSSR count). The van der Waals surface area contributed by atoms with Crippen molar-refractivity contribution in [3.63, 3.8) is 0 Å². The van der Waals surface area contributed by atoms with E-state index in [1.165, 1.54) is 38.5 Å². The van der Waals surface area contributed by atoms with E-state index in [2.05, 4.69) is 15.7 Å². The van der Waals surface area contributed by atoms with Crippen LogP contribution in [-0.4, -0.2) is 21.3 Å². The highest BCUT2D eigenvalue weighted by molar-refractivity contribution is 5.01. The van der Waals surface area contributed by atoms with Crippen LogP contribution in [0.5, 0.6) is 0 Å². The molecule has 4 fully saturated rings. The predicted molar refractivity (Wildman–Crippen MR) is 91.9 cm³/mol. The monoisotopic (exact) mass is 316 g/mol. The summed E-state index contributed by atoms with van der Waals surface area (Å²) in [5, 5.41) is 9.44. The lowest BCUT2D eigenvalue weighted by Gasteiger charge is -2.57.